The van der Waals surface area contributed by atoms with Crippen LogP contribution in [0.3, 0.4) is 0 Å². The van der Waals surface area contributed by atoms with E-state index in [9.17, 15) is 13.2 Å². The average molecular weight is 393 g/mol. The molecule has 0 N–H and O–H groups in total. The number of rotatable bonds is 7. The first-order chi connectivity index (χ1) is 12.5. The van der Waals surface area contributed by atoms with Crippen LogP contribution < -0.4 is 4.31 Å². The lowest BCUT2D eigenvalue weighted by molar-refractivity contribution is 0.102. The average Bonchev–Trinajstić information content (AvgIpc) is 3.21. The Morgan fingerprint density at radius 2 is 2.15 bits per heavy atom. The molecule has 1 aliphatic carbocycles. The molecular weight excluding hydrogens is 374 g/mol. The van der Waals surface area contributed by atoms with Crippen LogP contribution in [0.25, 0.3) is 0 Å². The second-order valence-corrected chi connectivity index (χ2v) is 9.54. The molecule has 0 atom stereocenters. The van der Waals surface area contributed by atoms with Gasteiger partial charge in [0, 0.05) is 12.1 Å². The predicted molar refractivity (Wildman–Crippen MR) is 98.1 cm³/mol. The Kier molecular flexibility index (Phi) is 4.47. The maximum absolute atomic E-state index is 12.5. The number of anilines is 1. The topological polar surface area (TPSA) is 98.1 Å². The number of benzene rings is 1. The zero-order valence-corrected chi connectivity index (χ0v) is 16.0. The van der Waals surface area contributed by atoms with Gasteiger partial charge in [-0.3, -0.25) is 9.10 Å². The van der Waals surface area contributed by atoms with E-state index in [1.807, 2.05) is 6.07 Å². The second kappa shape index (κ2) is 6.66. The summed E-state index contributed by atoms with van der Waals surface area (Å²) in [6, 6.07) is 5.62. The number of thioether (sulfide) groups is 1. The van der Waals surface area contributed by atoms with Crippen molar-refractivity contribution < 1.29 is 13.2 Å². The van der Waals surface area contributed by atoms with E-state index in [2.05, 4.69) is 15.5 Å². The first kappa shape index (κ1) is 17.5. The summed E-state index contributed by atoms with van der Waals surface area (Å²) in [5, 5.41) is 12.3. The smallest absolute Gasteiger partial charge is 0.234 e. The van der Waals surface area contributed by atoms with E-state index >= 15 is 0 Å². The first-order valence-corrected chi connectivity index (χ1v) is 11.2. The molecule has 2 heterocycles. The second-order valence-electron chi connectivity index (χ2n) is 6.42. The summed E-state index contributed by atoms with van der Waals surface area (Å²) in [7, 11) is -3.27. The highest BCUT2D eigenvalue weighted by molar-refractivity contribution is 7.99. The minimum Gasteiger partial charge on any atom is -0.293 e. The van der Waals surface area contributed by atoms with Gasteiger partial charge in [-0.05, 0) is 60.4 Å². The summed E-state index contributed by atoms with van der Waals surface area (Å²) in [6.45, 7) is 2.08. The van der Waals surface area contributed by atoms with Gasteiger partial charge in [-0.2, -0.15) is 0 Å². The van der Waals surface area contributed by atoms with Crippen molar-refractivity contribution in [2.75, 3.05) is 22.4 Å². The number of aromatic nitrogens is 4. The molecule has 26 heavy (non-hydrogen) atoms. The number of nitrogens with zero attached hydrogens (tertiary/aromatic N) is 5. The Bertz CT molecular complexity index is 953. The molecule has 1 aliphatic heterocycles. The number of ketones is 1. The minimum absolute atomic E-state index is 0.0139. The van der Waals surface area contributed by atoms with Crippen LogP contribution in [0.15, 0.2) is 23.4 Å². The van der Waals surface area contributed by atoms with Crippen LogP contribution in [0.2, 0.25) is 0 Å². The van der Waals surface area contributed by atoms with Crippen LogP contribution >= 0.6 is 11.8 Å². The van der Waals surface area contributed by atoms with Crippen LogP contribution in [0.1, 0.15) is 41.7 Å². The Balaban J connectivity index is 1.47. The van der Waals surface area contributed by atoms with Gasteiger partial charge >= 0.3 is 0 Å². The summed E-state index contributed by atoms with van der Waals surface area (Å²) in [4.78, 5) is 12.5. The molecule has 1 fully saturated rings. The molecule has 10 heteroatoms. The highest BCUT2D eigenvalue weighted by atomic mass is 32.2. The molecule has 0 saturated heterocycles. The van der Waals surface area contributed by atoms with Gasteiger partial charge in [0.25, 0.3) is 0 Å². The van der Waals surface area contributed by atoms with E-state index in [0.717, 1.165) is 18.4 Å². The highest BCUT2D eigenvalue weighted by Gasteiger charge is 2.30. The standard InChI is InChI=1S/C16H19N5O3S2/c1-2-26(23,24)20-8-7-11-9-12(3-6-14(11)20)15(22)10-25-16-17-18-19-21(16)13-4-5-13/h3,6,9,13H,2,4-5,7-8,10H2,1H3. The van der Waals surface area contributed by atoms with Gasteiger partial charge in [-0.15, -0.1) is 5.10 Å². The van der Waals surface area contributed by atoms with Gasteiger partial charge in [0.15, 0.2) is 5.78 Å². The van der Waals surface area contributed by atoms with Crippen LogP contribution in [0, 0.1) is 0 Å². The molecular formula is C16H19N5O3S2. The van der Waals surface area contributed by atoms with E-state index in [1.54, 1.807) is 23.7 Å². The largest absolute Gasteiger partial charge is 0.293 e. The molecule has 1 saturated carbocycles. The number of carbonyl (C=O) groups is 1. The summed E-state index contributed by atoms with van der Waals surface area (Å²) in [5.41, 5.74) is 2.19. The molecule has 0 unspecified atom stereocenters. The van der Waals surface area contributed by atoms with Crippen molar-refractivity contribution in [1.82, 2.24) is 20.2 Å². The lowest BCUT2D eigenvalue weighted by Gasteiger charge is -2.18. The van der Waals surface area contributed by atoms with Crippen molar-refractivity contribution in [3.05, 3.63) is 29.3 Å². The SMILES string of the molecule is CCS(=O)(=O)N1CCc2cc(C(=O)CSc3nnnn3C3CC3)ccc21. The zero-order chi connectivity index (χ0) is 18.3. The number of sulfonamides is 1. The van der Waals surface area contributed by atoms with Crippen molar-refractivity contribution in [1.29, 1.82) is 0 Å². The van der Waals surface area contributed by atoms with Gasteiger partial charge < -0.3 is 0 Å². The fourth-order valence-corrected chi connectivity index (χ4v) is 5.03. The third-order valence-corrected chi connectivity index (χ3v) is 7.36. The molecule has 4 rings (SSSR count). The van der Waals surface area contributed by atoms with Crippen LogP contribution in [-0.4, -0.2) is 52.5 Å². The van der Waals surface area contributed by atoms with Gasteiger partial charge in [-0.25, -0.2) is 13.1 Å². The van der Waals surface area contributed by atoms with Gasteiger partial charge in [-0.1, -0.05) is 11.8 Å². The van der Waals surface area contributed by atoms with Crippen LogP contribution in [0.4, 0.5) is 5.69 Å². The summed E-state index contributed by atoms with van der Waals surface area (Å²) in [6.07, 6.45) is 2.78. The Hall–Kier alpha value is -1.94. The molecule has 1 aromatic heterocycles. The van der Waals surface area contributed by atoms with Crippen molar-refractivity contribution in [3.63, 3.8) is 0 Å². The Labute approximate surface area is 156 Å². The van der Waals surface area contributed by atoms with Crippen molar-refractivity contribution in [2.24, 2.45) is 0 Å². The number of tetrazole rings is 1. The lowest BCUT2D eigenvalue weighted by Crippen LogP contribution is -2.30. The van der Waals surface area contributed by atoms with Crippen LogP contribution in [0.5, 0.6) is 0 Å². The predicted octanol–water partition coefficient (Wildman–Crippen LogP) is 1.70. The van der Waals surface area contributed by atoms with E-state index in [-0.39, 0.29) is 17.3 Å². The molecule has 8 nitrogen and oxygen atoms in total. The Morgan fingerprint density at radius 3 is 2.88 bits per heavy atom. The summed E-state index contributed by atoms with van der Waals surface area (Å²) < 4.78 is 27.5. The van der Waals surface area contributed by atoms with E-state index in [0.29, 0.717) is 35.4 Å². The van der Waals surface area contributed by atoms with E-state index < -0.39 is 10.0 Å². The van der Waals surface area contributed by atoms with Crippen molar-refractivity contribution in [3.8, 4) is 0 Å². The normalized spacial score (nSPS) is 16.7. The van der Waals surface area contributed by atoms with E-state index in [4.69, 9.17) is 0 Å². The monoisotopic (exact) mass is 393 g/mol. The molecule has 2 aromatic rings. The number of hydrogen-bond donors (Lipinski definition) is 0. The molecule has 0 amide bonds. The van der Waals surface area contributed by atoms with Gasteiger partial charge in [0.2, 0.25) is 15.2 Å². The van der Waals surface area contributed by atoms with Crippen molar-refractivity contribution in [2.45, 2.75) is 37.4 Å². The minimum atomic E-state index is -3.27. The quantitative estimate of drug-likeness (QED) is 0.521. The Morgan fingerprint density at radius 1 is 1.35 bits per heavy atom. The summed E-state index contributed by atoms with van der Waals surface area (Å²) >= 11 is 1.34. The van der Waals surface area contributed by atoms with Crippen molar-refractivity contribution >= 4 is 33.3 Å². The molecule has 0 bridgehead atoms. The number of carbonyl (C=O) groups excluding carboxylic acids is 1. The molecule has 138 valence electrons. The molecule has 1 aromatic carbocycles. The van der Waals surface area contributed by atoms with Gasteiger partial charge in [0.05, 0.1) is 23.2 Å². The molecule has 2 aliphatic rings. The molecule has 0 spiro atoms. The zero-order valence-electron chi connectivity index (χ0n) is 14.3. The fourth-order valence-electron chi connectivity index (χ4n) is 3.03. The lowest BCUT2D eigenvalue weighted by atomic mass is 10.1. The number of Topliss-reactive ketones (excluding diaryl/α,β-unsaturated/α-hetero) is 1. The van der Waals surface area contributed by atoms with Gasteiger partial charge in [0.1, 0.15) is 0 Å². The first-order valence-electron chi connectivity index (χ1n) is 8.57. The number of fused-ring (bicyclic) bond motifs is 1. The maximum Gasteiger partial charge on any atom is 0.234 e. The summed E-state index contributed by atoms with van der Waals surface area (Å²) in [5.74, 6) is 0.308. The third-order valence-electron chi connectivity index (χ3n) is 4.64. The fraction of sp³-hybridized carbons (Fsp3) is 0.500. The third kappa shape index (κ3) is 3.23. The molecule has 0 radical (unpaired) electrons. The van der Waals surface area contributed by atoms with Crippen LogP contribution in [-0.2, 0) is 16.4 Å². The number of hydrogen-bond acceptors (Lipinski definition) is 7. The highest BCUT2D eigenvalue weighted by Crippen LogP contribution is 2.36. The maximum atomic E-state index is 12.5. The van der Waals surface area contributed by atoms with E-state index in [1.165, 1.54) is 16.1 Å².